The van der Waals surface area contributed by atoms with Gasteiger partial charge in [0.1, 0.15) is 0 Å². The van der Waals surface area contributed by atoms with Crippen LogP contribution < -0.4 is 0 Å². The minimum absolute atomic E-state index is 0.186. The number of hydrogen-bond acceptors (Lipinski definition) is 3. The van der Waals surface area contributed by atoms with Crippen molar-refractivity contribution < 1.29 is 9.53 Å². The fourth-order valence-electron chi connectivity index (χ4n) is 3.47. The van der Waals surface area contributed by atoms with E-state index in [1.54, 1.807) is 0 Å². The Bertz CT molecular complexity index is 392. The Morgan fingerprint density at radius 1 is 1.29 bits per heavy atom. The van der Waals surface area contributed by atoms with E-state index in [1.807, 2.05) is 4.90 Å². The highest BCUT2D eigenvalue weighted by Crippen LogP contribution is 2.29. The summed E-state index contributed by atoms with van der Waals surface area (Å²) in [5, 5.41) is 0. The van der Waals surface area contributed by atoms with Crippen molar-refractivity contribution in [1.82, 2.24) is 9.80 Å². The maximum Gasteiger partial charge on any atom is 0.226 e. The van der Waals surface area contributed by atoms with E-state index in [4.69, 9.17) is 4.74 Å². The molecule has 0 spiro atoms. The van der Waals surface area contributed by atoms with Crippen LogP contribution in [-0.2, 0) is 9.53 Å². The summed E-state index contributed by atoms with van der Waals surface area (Å²) in [5.41, 5.74) is 0. The van der Waals surface area contributed by atoms with Crippen LogP contribution in [0, 0.1) is 11.8 Å². The van der Waals surface area contributed by atoms with Crippen LogP contribution in [0.4, 0.5) is 0 Å². The number of carbonyl (C=O) groups is 1. The van der Waals surface area contributed by atoms with E-state index in [1.165, 1.54) is 19.4 Å². The van der Waals surface area contributed by atoms with Crippen molar-refractivity contribution in [3.63, 3.8) is 0 Å². The second-order valence-electron chi connectivity index (χ2n) is 6.92. The monoisotopic (exact) mass is 292 g/mol. The minimum Gasteiger partial charge on any atom is -0.373 e. The highest BCUT2D eigenvalue weighted by Gasteiger charge is 2.30. The normalized spacial score (nSPS) is 29.9. The quantitative estimate of drug-likeness (QED) is 0.726. The van der Waals surface area contributed by atoms with Crippen LogP contribution in [-0.4, -0.2) is 61.6 Å². The van der Waals surface area contributed by atoms with Crippen LogP contribution in [0.25, 0.3) is 0 Å². The first kappa shape index (κ1) is 15.0. The molecule has 1 saturated carbocycles. The Balaban J connectivity index is 1.47. The highest BCUT2D eigenvalue weighted by atomic mass is 16.5. The predicted octanol–water partition coefficient (Wildman–Crippen LogP) is 1.91. The lowest BCUT2D eigenvalue weighted by Crippen LogP contribution is -2.51. The first-order valence-corrected chi connectivity index (χ1v) is 8.46. The fourth-order valence-corrected chi connectivity index (χ4v) is 3.47. The lowest BCUT2D eigenvalue weighted by molar-refractivity contribution is -0.144. The Labute approximate surface area is 128 Å². The van der Waals surface area contributed by atoms with Gasteiger partial charge in [0.2, 0.25) is 5.91 Å². The first-order valence-electron chi connectivity index (χ1n) is 8.46. The molecule has 2 aliphatic carbocycles. The fraction of sp³-hybridized carbons (Fsp3) is 0.824. The summed E-state index contributed by atoms with van der Waals surface area (Å²) in [5.74, 6) is 1.46. The van der Waals surface area contributed by atoms with Crippen LogP contribution >= 0.6 is 0 Å². The number of carbonyl (C=O) groups excluding carboxylic acids is 1. The summed E-state index contributed by atoms with van der Waals surface area (Å²) >= 11 is 0. The van der Waals surface area contributed by atoms with Crippen LogP contribution in [0.15, 0.2) is 12.2 Å². The molecule has 1 aliphatic heterocycles. The number of likely N-dealkylation sites (N-methyl/N-ethyl adjacent to an activating group) is 1. The number of allylic oxidation sites excluding steroid dienone is 2. The molecule has 0 unspecified atom stereocenters. The van der Waals surface area contributed by atoms with E-state index in [0.29, 0.717) is 12.5 Å². The molecule has 0 radical (unpaired) electrons. The van der Waals surface area contributed by atoms with Crippen molar-refractivity contribution in [2.75, 3.05) is 39.8 Å². The second kappa shape index (κ2) is 6.93. The van der Waals surface area contributed by atoms with Crippen molar-refractivity contribution in [1.29, 1.82) is 0 Å². The predicted molar refractivity (Wildman–Crippen MR) is 83.0 cm³/mol. The third kappa shape index (κ3) is 4.30. The molecule has 0 aromatic carbocycles. The van der Waals surface area contributed by atoms with Gasteiger partial charge in [0.05, 0.1) is 12.7 Å². The maximum atomic E-state index is 12.6. The van der Waals surface area contributed by atoms with Gasteiger partial charge in [-0.1, -0.05) is 12.2 Å². The number of ether oxygens (including phenoxy) is 1. The number of amides is 1. The maximum absolute atomic E-state index is 12.6. The van der Waals surface area contributed by atoms with Gasteiger partial charge in [-0.05, 0) is 45.1 Å². The van der Waals surface area contributed by atoms with E-state index >= 15 is 0 Å². The molecule has 1 saturated heterocycles. The molecule has 0 bridgehead atoms. The minimum atomic E-state index is 0.186. The highest BCUT2D eigenvalue weighted by molar-refractivity contribution is 5.79. The average molecular weight is 292 g/mol. The van der Waals surface area contributed by atoms with Crippen molar-refractivity contribution >= 4 is 5.91 Å². The lowest BCUT2D eigenvalue weighted by atomic mass is 9.93. The third-order valence-electron chi connectivity index (χ3n) is 4.85. The Morgan fingerprint density at radius 2 is 2.14 bits per heavy atom. The lowest BCUT2D eigenvalue weighted by Gasteiger charge is -2.36. The van der Waals surface area contributed by atoms with Crippen LogP contribution in [0.2, 0.25) is 0 Å². The third-order valence-corrected chi connectivity index (χ3v) is 4.85. The molecule has 4 heteroatoms. The van der Waals surface area contributed by atoms with Crippen molar-refractivity contribution in [3.05, 3.63) is 12.2 Å². The smallest absolute Gasteiger partial charge is 0.226 e. The molecular weight excluding hydrogens is 264 g/mol. The van der Waals surface area contributed by atoms with Gasteiger partial charge in [0.25, 0.3) is 0 Å². The molecule has 21 heavy (non-hydrogen) atoms. The summed E-state index contributed by atoms with van der Waals surface area (Å²) in [6.07, 6.45) is 10.3. The number of rotatable bonds is 5. The number of hydrogen-bond donors (Lipinski definition) is 0. The number of morpholine rings is 1. The molecular formula is C17H28N2O2. The molecule has 118 valence electrons. The standard InChI is InChI=1S/C17H28N2O2/c1-18(11-14-7-8-14)12-16-13-19(9-10-21-16)17(20)15-5-3-2-4-6-15/h2-3,14-16H,4-13H2,1H3/t15-,16-/m1/s1. The molecule has 1 amide bonds. The van der Waals surface area contributed by atoms with E-state index in [-0.39, 0.29) is 12.0 Å². The zero-order valence-electron chi connectivity index (χ0n) is 13.2. The molecule has 0 aromatic heterocycles. The van der Waals surface area contributed by atoms with Gasteiger partial charge < -0.3 is 14.5 Å². The van der Waals surface area contributed by atoms with E-state index in [0.717, 1.165) is 44.8 Å². The van der Waals surface area contributed by atoms with Crippen molar-refractivity contribution in [3.8, 4) is 0 Å². The van der Waals surface area contributed by atoms with Gasteiger partial charge in [-0.15, -0.1) is 0 Å². The summed E-state index contributed by atoms with van der Waals surface area (Å²) in [6, 6.07) is 0. The zero-order valence-corrected chi connectivity index (χ0v) is 13.2. The van der Waals surface area contributed by atoms with Crippen LogP contribution in [0.1, 0.15) is 32.1 Å². The van der Waals surface area contributed by atoms with Crippen molar-refractivity contribution in [2.24, 2.45) is 11.8 Å². The molecule has 0 N–H and O–H groups in total. The van der Waals surface area contributed by atoms with Crippen LogP contribution in [0.5, 0.6) is 0 Å². The van der Waals surface area contributed by atoms with Crippen LogP contribution in [0.3, 0.4) is 0 Å². The van der Waals surface area contributed by atoms with Gasteiger partial charge in [-0.3, -0.25) is 4.79 Å². The SMILES string of the molecule is CN(CC1CC1)C[C@@H]1CN(C(=O)[C@@H]2CC=CCC2)CCO1. The Morgan fingerprint density at radius 3 is 2.86 bits per heavy atom. The molecule has 3 aliphatic rings. The first-order chi connectivity index (χ1) is 10.2. The van der Waals surface area contributed by atoms with E-state index in [9.17, 15) is 4.79 Å². The Hall–Kier alpha value is -0.870. The largest absolute Gasteiger partial charge is 0.373 e. The summed E-state index contributed by atoms with van der Waals surface area (Å²) in [6.45, 7) is 4.36. The van der Waals surface area contributed by atoms with Crippen molar-refractivity contribution in [2.45, 2.75) is 38.2 Å². The van der Waals surface area contributed by atoms with Gasteiger partial charge in [0.15, 0.2) is 0 Å². The molecule has 4 nitrogen and oxygen atoms in total. The summed E-state index contributed by atoms with van der Waals surface area (Å²) < 4.78 is 5.87. The zero-order chi connectivity index (χ0) is 14.7. The summed E-state index contributed by atoms with van der Waals surface area (Å²) in [7, 11) is 2.17. The molecule has 3 rings (SSSR count). The second-order valence-corrected chi connectivity index (χ2v) is 6.92. The van der Waals surface area contributed by atoms with Gasteiger partial charge in [-0.25, -0.2) is 0 Å². The van der Waals surface area contributed by atoms with E-state index < -0.39 is 0 Å². The number of nitrogens with zero attached hydrogens (tertiary/aromatic N) is 2. The topological polar surface area (TPSA) is 32.8 Å². The van der Waals surface area contributed by atoms with Gasteiger partial charge in [0, 0.05) is 32.1 Å². The molecule has 2 atom stereocenters. The van der Waals surface area contributed by atoms with E-state index in [2.05, 4.69) is 24.1 Å². The molecule has 0 aromatic rings. The van der Waals surface area contributed by atoms with Gasteiger partial charge >= 0.3 is 0 Å². The average Bonchev–Trinajstić information content (AvgIpc) is 3.31. The summed E-state index contributed by atoms with van der Waals surface area (Å²) in [4.78, 5) is 17.0. The molecule has 2 fully saturated rings. The Kier molecular flexibility index (Phi) is 4.96. The molecule has 1 heterocycles. The van der Waals surface area contributed by atoms with Gasteiger partial charge in [-0.2, -0.15) is 0 Å².